The fourth-order valence-corrected chi connectivity index (χ4v) is 3.85. The van der Waals surface area contributed by atoms with Gasteiger partial charge in [-0.1, -0.05) is 17.8 Å². The van der Waals surface area contributed by atoms with Gasteiger partial charge in [-0.3, -0.25) is 4.79 Å². The minimum Gasteiger partial charge on any atom is -0.462 e. The van der Waals surface area contributed by atoms with Crippen LogP contribution in [0.1, 0.15) is 46.9 Å². The molecule has 6 nitrogen and oxygen atoms in total. The Morgan fingerprint density at radius 3 is 2.89 bits per heavy atom. The van der Waals surface area contributed by atoms with Gasteiger partial charge >= 0.3 is 5.97 Å². The number of carbonyl (C=O) groups is 2. The van der Waals surface area contributed by atoms with E-state index in [2.05, 4.69) is 16.4 Å². The molecule has 0 unspecified atom stereocenters. The molecule has 0 aliphatic heterocycles. The van der Waals surface area contributed by atoms with Crippen LogP contribution in [-0.2, 0) is 22.4 Å². The molecule has 1 heterocycles. The standard InChI is InChI=1S/C21H21N3O3S/c1-2-27-21(26)15-7-5-8-17(11-15)23-19(25)13-28-20-16(12-22)10-14-6-3-4-9-18(14)24-20/h5,7-8,10-11H,2-4,6,9,13H2,1H3,(H,23,25). The Bertz CT molecular complexity index is 937. The lowest BCUT2D eigenvalue weighted by Crippen LogP contribution is -2.15. The molecular weight excluding hydrogens is 374 g/mol. The molecule has 1 aromatic heterocycles. The molecule has 0 atom stereocenters. The van der Waals surface area contributed by atoms with Crippen LogP contribution in [0.5, 0.6) is 0 Å². The first kappa shape index (κ1) is 19.9. The Hall–Kier alpha value is -2.85. The summed E-state index contributed by atoms with van der Waals surface area (Å²) in [4.78, 5) is 28.7. The minimum atomic E-state index is -0.426. The predicted molar refractivity (Wildman–Crippen MR) is 107 cm³/mol. The number of amides is 1. The predicted octanol–water partition coefficient (Wildman–Crippen LogP) is 3.74. The van der Waals surface area contributed by atoms with E-state index in [1.165, 1.54) is 11.8 Å². The molecule has 1 amide bonds. The summed E-state index contributed by atoms with van der Waals surface area (Å²) in [5, 5.41) is 12.8. The van der Waals surface area contributed by atoms with E-state index < -0.39 is 5.97 Å². The monoisotopic (exact) mass is 395 g/mol. The van der Waals surface area contributed by atoms with Crippen molar-refractivity contribution in [1.82, 2.24) is 4.98 Å². The maximum atomic E-state index is 12.3. The largest absolute Gasteiger partial charge is 0.462 e. The van der Waals surface area contributed by atoms with Crippen LogP contribution in [0.15, 0.2) is 35.4 Å². The van der Waals surface area contributed by atoms with Crippen molar-refractivity contribution >= 4 is 29.3 Å². The lowest BCUT2D eigenvalue weighted by Gasteiger charge is -2.16. The number of anilines is 1. The molecule has 3 rings (SSSR count). The highest BCUT2D eigenvalue weighted by Crippen LogP contribution is 2.27. The number of nitrogens with zero attached hydrogens (tertiary/aromatic N) is 2. The summed E-state index contributed by atoms with van der Waals surface area (Å²) in [6, 6.07) is 10.7. The molecule has 0 fully saturated rings. The van der Waals surface area contributed by atoms with Gasteiger partial charge in [-0.25, -0.2) is 9.78 Å². The van der Waals surface area contributed by atoms with Gasteiger partial charge in [0, 0.05) is 11.4 Å². The number of fused-ring (bicyclic) bond motifs is 1. The van der Waals surface area contributed by atoms with Crippen molar-refractivity contribution in [3.05, 3.63) is 52.7 Å². The van der Waals surface area contributed by atoms with Gasteiger partial charge in [0.1, 0.15) is 11.1 Å². The average molecular weight is 395 g/mol. The van der Waals surface area contributed by atoms with Gasteiger partial charge in [0.2, 0.25) is 5.91 Å². The number of hydrogen-bond donors (Lipinski definition) is 1. The SMILES string of the molecule is CCOC(=O)c1cccc(NC(=O)CSc2nc3c(cc2C#N)CCCC3)c1. The zero-order valence-electron chi connectivity index (χ0n) is 15.7. The van der Waals surface area contributed by atoms with E-state index in [0.29, 0.717) is 28.4 Å². The number of ether oxygens (including phenoxy) is 1. The number of pyridine rings is 1. The molecule has 0 saturated heterocycles. The number of aromatic nitrogens is 1. The second-order valence-electron chi connectivity index (χ2n) is 6.40. The van der Waals surface area contributed by atoms with E-state index in [1.54, 1.807) is 31.2 Å². The first-order valence-electron chi connectivity index (χ1n) is 9.23. The number of carbonyl (C=O) groups excluding carboxylic acids is 2. The lowest BCUT2D eigenvalue weighted by atomic mass is 9.95. The van der Waals surface area contributed by atoms with Crippen molar-refractivity contribution in [2.75, 3.05) is 17.7 Å². The summed E-state index contributed by atoms with van der Waals surface area (Å²) in [5.74, 6) is -0.524. The first-order valence-corrected chi connectivity index (χ1v) is 10.2. The Balaban J connectivity index is 1.64. The molecule has 1 aromatic carbocycles. The molecule has 0 radical (unpaired) electrons. The number of benzene rings is 1. The fourth-order valence-electron chi connectivity index (χ4n) is 3.07. The lowest BCUT2D eigenvalue weighted by molar-refractivity contribution is -0.113. The summed E-state index contributed by atoms with van der Waals surface area (Å²) < 4.78 is 4.97. The molecule has 2 aromatic rings. The van der Waals surface area contributed by atoms with Gasteiger partial charge in [-0.05, 0) is 62.4 Å². The summed E-state index contributed by atoms with van der Waals surface area (Å²) in [6.45, 7) is 2.03. The van der Waals surface area contributed by atoms with Crippen LogP contribution in [0, 0.1) is 11.3 Å². The first-order chi connectivity index (χ1) is 13.6. The van der Waals surface area contributed by atoms with Crippen LogP contribution in [0.4, 0.5) is 5.69 Å². The summed E-state index contributed by atoms with van der Waals surface area (Å²) in [7, 11) is 0. The van der Waals surface area contributed by atoms with E-state index in [4.69, 9.17) is 4.74 Å². The third-order valence-corrected chi connectivity index (χ3v) is 5.37. The van der Waals surface area contributed by atoms with Crippen LogP contribution in [0.25, 0.3) is 0 Å². The van der Waals surface area contributed by atoms with Crippen molar-refractivity contribution in [2.45, 2.75) is 37.6 Å². The molecule has 0 spiro atoms. The second kappa shape index (κ2) is 9.38. The van der Waals surface area contributed by atoms with Crippen molar-refractivity contribution in [3.8, 4) is 6.07 Å². The van der Waals surface area contributed by atoms with Gasteiger partial charge in [-0.15, -0.1) is 0 Å². The zero-order chi connectivity index (χ0) is 19.9. The normalized spacial score (nSPS) is 12.6. The minimum absolute atomic E-state index is 0.129. The quantitative estimate of drug-likeness (QED) is 0.592. The van der Waals surface area contributed by atoms with Crippen molar-refractivity contribution in [3.63, 3.8) is 0 Å². The summed E-state index contributed by atoms with van der Waals surface area (Å²) >= 11 is 1.25. The summed E-state index contributed by atoms with van der Waals surface area (Å²) in [5.41, 5.74) is 3.61. The van der Waals surface area contributed by atoms with E-state index in [1.807, 2.05) is 6.07 Å². The molecule has 28 heavy (non-hydrogen) atoms. The fraction of sp³-hybridized carbons (Fsp3) is 0.333. The molecule has 144 valence electrons. The molecular formula is C21H21N3O3S. The second-order valence-corrected chi connectivity index (χ2v) is 7.37. The van der Waals surface area contributed by atoms with Gasteiger partial charge in [0.25, 0.3) is 0 Å². The van der Waals surface area contributed by atoms with Gasteiger partial charge in [-0.2, -0.15) is 5.26 Å². The van der Waals surface area contributed by atoms with Crippen molar-refractivity contribution in [2.24, 2.45) is 0 Å². The molecule has 1 aliphatic rings. The van der Waals surface area contributed by atoms with Crippen LogP contribution < -0.4 is 5.32 Å². The number of esters is 1. The average Bonchev–Trinajstić information content (AvgIpc) is 2.72. The Morgan fingerprint density at radius 1 is 1.29 bits per heavy atom. The zero-order valence-corrected chi connectivity index (χ0v) is 16.5. The van der Waals surface area contributed by atoms with Gasteiger partial charge < -0.3 is 10.1 Å². The van der Waals surface area contributed by atoms with Crippen LogP contribution in [0.2, 0.25) is 0 Å². The third-order valence-electron chi connectivity index (χ3n) is 4.38. The van der Waals surface area contributed by atoms with E-state index >= 15 is 0 Å². The van der Waals surface area contributed by atoms with Gasteiger partial charge in [0.05, 0.1) is 23.5 Å². The topological polar surface area (TPSA) is 92.1 Å². The third kappa shape index (κ3) is 4.90. The highest BCUT2D eigenvalue weighted by molar-refractivity contribution is 8.00. The number of nitrogens with one attached hydrogen (secondary N) is 1. The number of aryl methyl sites for hydroxylation is 2. The molecule has 0 bridgehead atoms. The number of rotatable bonds is 6. The maximum absolute atomic E-state index is 12.3. The highest BCUT2D eigenvalue weighted by Gasteiger charge is 2.16. The van der Waals surface area contributed by atoms with E-state index in [9.17, 15) is 14.9 Å². The Labute approximate surface area is 168 Å². The number of nitriles is 1. The number of hydrogen-bond acceptors (Lipinski definition) is 6. The molecule has 7 heteroatoms. The van der Waals surface area contributed by atoms with Crippen LogP contribution >= 0.6 is 11.8 Å². The maximum Gasteiger partial charge on any atom is 0.338 e. The smallest absolute Gasteiger partial charge is 0.338 e. The van der Waals surface area contributed by atoms with Crippen LogP contribution in [-0.4, -0.2) is 29.2 Å². The van der Waals surface area contributed by atoms with Crippen molar-refractivity contribution in [1.29, 1.82) is 5.26 Å². The highest BCUT2D eigenvalue weighted by atomic mass is 32.2. The molecule has 0 saturated carbocycles. The van der Waals surface area contributed by atoms with Crippen LogP contribution in [0.3, 0.4) is 0 Å². The molecule has 1 aliphatic carbocycles. The number of thioether (sulfide) groups is 1. The Morgan fingerprint density at radius 2 is 2.11 bits per heavy atom. The van der Waals surface area contributed by atoms with Gasteiger partial charge in [0.15, 0.2) is 0 Å². The molecule has 1 N–H and O–H groups in total. The van der Waals surface area contributed by atoms with E-state index in [-0.39, 0.29) is 11.7 Å². The van der Waals surface area contributed by atoms with E-state index in [0.717, 1.165) is 36.9 Å². The van der Waals surface area contributed by atoms with Crippen molar-refractivity contribution < 1.29 is 14.3 Å². The Kier molecular flexibility index (Phi) is 6.66. The summed E-state index contributed by atoms with van der Waals surface area (Å²) in [6.07, 6.45) is 4.10.